The lowest BCUT2D eigenvalue weighted by atomic mass is 10.1. The van der Waals surface area contributed by atoms with Gasteiger partial charge >= 0.3 is 0 Å². The number of nitrogens with one attached hydrogen (secondary N) is 1. The Hall–Kier alpha value is -2.89. The maximum atomic E-state index is 13.6. The molecule has 0 spiro atoms. The van der Waals surface area contributed by atoms with E-state index in [4.69, 9.17) is 21.3 Å². The Balaban J connectivity index is 1.51. The van der Waals surface area contributed by atoms with E-state index in [1.807, 2.05) is 42.5 Å². The third kappa shape index (κ3) is 5.73. The number of nitrogens with zero attached hydrogens (tertiary/aromatic N) is 2. The van der Waals surface area contributed by atoms with Crippen LogP contribution in [0.3, 0.4) is 0 Å². The molecule has 3 aromatic carbocycles. The molecule has 1 N–H and O–H groups in total. The maximum Gasteiger partial charge on any atom is 0.123 e. The summed E-state index contributed by atoms with van der Waals surface area (Å²) in [4.78, 5) is 7.17. The number of anilines is 1. The molecule has 6 heteroatoms. The van der Waals surface area contributed by atoms with E-state index in [0.29, 0.717) is 5.02 Å². The average molecular weight is 466 g/mol. The smallest absolute Gasteiger partial charge is 0.123 e. The molecule has 0 unspecified atom stereocenters. The van der Waals surface area contributed by atoms with Crippen molar-refractivity contribution in [3.8, 4) is 5.75 Å². The molecule has 0 bridgehead atoms. The number of pyridine rings is 1. The first-order valence-electron chi connectivity index (χ1n) is 11.3. The van der Waals surface area contributed by atoms with Crippen molar-refractivity contribution in [2.24, 2.45) is 0 Å². The van der Waals surface area contributed by atoms with E-state index < -0.39 is 0 Å². The van der Waals surface area contributed by atoms with Gasteiger partial charge in [-0.2, -0.15) is 0 Å². The highest BCUT2D eigenvalue weighted by molar-refractivity contribution is 6.31. The van der Waals surface area contributed by atoms with Crippen LogP contribution in [0.4, 0.5) is 10.1 Å². The summed E-state index contributed by atoms with van der Waals surface area (Å²) in [5.74, 6) is 0.613. The van der Waals surface area contributed by atoms with Crippen molar-refractivity contribution >= 4 is 39.1 Å². The lowest BCUT2D eigenvalue weighted by molar-refractivity contribution is 0.265. The van der Waals surface area contributed by atoms with Crippen molar-refractivity contribution in [3.63, 3.8) is 0 Å². The van der Waals surface area contributed by atoms with Crippen LogP contribution < -0.4 is 10.1 Å². The minimum Gasteiger partial charge on any atom is -0.497 e. The standard InChI is InChI=1S/C27H29ClFN3O/c1-3-13-32(18-19-6-4-7-21(29)15-19)14-5-12-30-27-23-10-8-20(28)16-26(23)31-25-11-9-22(33-2)17-24(25)27/h4,6-11,15-17H,3,5,12-14,18H2,1-2H3,(H,30,31). The minimum atomic E-state index is -0.183. The summed E-state index contributed by atoms with van der Waals surface area (Å²) in [5.41, 5.74) is 3.80. The van der Waals surface area contributed by atoms with E-state index in [0.717, 1.165) is 77.8 Å². The molecule has 0 saturated carbocycles. The minimum absolute atomic E-state index is 0.183. The summed E-state index contributed by atoms with van der Waals surface area (Å²) >= 11 is 6.23. The highest BCUT2D eigenvalue weighted by Gasteiger charge is 2.11. The van der Waals surface area contributed by atoms with E-state index in [9.17, 15) is 4.39 Å². The number of rotatable bonds is 10. The van der Waals surface area contributed by atoms with E-state index in [1.54, 1.807) is 19.2 Å². The zero-order chi connectivity index (χ0) is 23.2. The van der Waals surface area contributed by atoms with E-state index in [2.05, 4.69) is 17.1 Å². The highest BCUT2D eigenvalue weighted by Crippen LogP contribution is 2.34. The predicted molar refractivity (Wildman–Crippen MR) is 136 cm³/mol. The fraction of sp³-hybridized carbons (Fsp3) is 0.296. The second-order valence-corrected chi connectivity index (χ2v) is 8.65. The van der Waals surface area contributed by atoms with Crippen LogP contribution in [0.2, 0.25) is 5.02 Å². The lowest BCUT2D eigenvalue weighted by Gasteiger charge is -2.22. The van der Waals surface area contributed by atoms with Crippen molar-refractivity contribution < 1.29 is 9.13 Å². The van der Waals surface area contributed by atoms with Crippen LogP contribution in [0.15, 0.2) is 60.7 Å². The molecule has 0 amide bonds. The van der Waals surface area contributed by atoms with Crippen LogP contribution in [0.5, 0.6) is 5.75 Å². The van der Waals surface area contributed by atoms with Gasteiger partial charge in [-0.05, 0) is 73.5 Å². The van der Waals surface area contributed by atoms with Gasteiger partial charge in [-0.3, -0.25) is 4.90 Å². The SMILES string of the molecule is CCCN(CCCNc1c2ccc(Cl)cc2nc2ccc(OC)cc12)Cc1cccc(F)c1. The topological polar surface area (TPSA) is 37.4 Å². The molecule has 4 nitrogen and oxygen atoms in total. The molecule has 0 saturated heterocycles. The Morgan fingerprint density at radius 2 is 1.88 bits per heavy atom. The Morgan fingerprint density at radius 1 is 1.00 bits per heavy atom. The van der Waals surface area contributed by atoms with Crippen molar-refractivity contribution in [2.75, 3.05) is 32.1 Å². The number of hydrogen-bond acceptors (Lipinski definition) is 4. The molecule has 0 aliphatic rings. The molecule has 0 radical (unpaired) electrons. The van der Waals surface area contributed by atoms with Gasteiger partial charge in [0.15, 0.2) is 0 Å². The van der Waals surface area contributed by atoms with Crippen molar-refractivity contribution in [3.05, 3.63) is 77.1 Å². The third-order valence-corrected chi connectivity index (χ3v) is 5.97. The van der Waals surface area contributed by atoms with Crippen LogP contribution in [0.1, 0.15) is 25.3 Å². The Labute approximate surface area is 199 Å². The number of fused-ring (bicyclic) bond motifs is 2. The Morgan fingerprint density at radius 3 is 2.67 bits per heavy atom. The molecule has 1 heterocycles. The molecule has 4 aromatic rings. The Bertz CT molecular complexity index is 1250. The molecule has 0 fully saturated rings. The van der Waals surface area contributed by atoms with E-state index >= 15 is 0 Å². The number of ether oxygens (including phenoxy) is 1. The Kier molecular flexibility index (Phi) is 7.63. The molecule has 1 aromatic heterocycles. The zero-order valence-corrected chi connectivity index (χ0v) is 19.8. The number of halogens is 2. The number of aromatic nitrogens is 1. The summed E-state index contributed by atoms with van der Waals surface area (Å²) in [7, 11) is 1.67. The first-order valence-corrected chi connectivity index (χ1v) is 11.7. The van der Waals surface area contributed by atoms with Gasteiger partial charge in [0.25, 0.3) is 0 Å². The van der Waals surface area contributed by atoms with Gasteiger partial charge in [0, 0.05) is 35.4 Å². The van der Waals surface area contributed by atoms with Gasteiger partial charge in [0.05, 0.1) is 23.8 Å². The summed E-state index contributed by atoms with van der Waals surface area (Å²) < 4.78 is 19.0. The van der Waals surface area contributed by atoms with E-state index in [-0.39, 0.29) is 5.82 Å². The second-order valence-electron chi connectivity index (χ2n) is 8.22. The summed E-state index contributed by atoms with van der Waals surface area (Å²) in [5, 5.41) is 6.37. The van der Waals surface area contributed by atoms with Gasteiger partial charge in [-0.15, -0.1) is 0 Å². The number of hydrogen-bond donors (Lipinski definition) is 1. The average Bonchev–Trinajstić information content (AvgIpc) is 2.80. The fourth-order valence-electron chi connectivity index (χ4n) is 4.21. The van der Waals surface area contributed by atoms with Crippen LogP contribution in [0.25, 0.3) is 21.8 Å². The third-order valence-electron chi connectivity index (χ3n) is 5.73. The first-order chi connectivity index (χ1) is 16.1. The first kappa shape index (κ1) is 23.3. The van der Waals surface area contributed by atoms with Gasteiger partial charge in [-0.1, -0.05) is 30.7 Å². The molecule has 0 atom stereocenters. The van der Waals surface area contributed by atoms with Gasteiger partial charge < -0.3 is 10.1 Å². The second kappa shape index (κ2) is 10.8. The molecular formula is C27H29ClFN3O. The largest absolute Gasteiger partial charge is 0.497 e. The fourth-order valence-corrected chi connectivity index (χ4v) is 4.38. The molecular weight excluding hydrogens is 437 g/mol. The molecule has 0 aliphatic heterocycles. The van der Waals surface area contributed by atoms with Crippen molar-refractivity contribution in [1.82, 2.24) is 9.88 Å². The summed E-state index contributed by atoms with van der Waals surface area (Å²) in [6.07, 6.45) is 2.01. The zero-order valence-electron chi connectivity index (χ0n) is 19.1. The molecule has 4 rings (SSSR count). The summed E-state index contributed by atoms with van der Waals surface area (Å²) in [6.45, 7) is 5.63. The molecule has 33 heavy (non-hydrogen) atoms. The molecule has 172 valence electrons. The lowest BCUT2D eigenvalue weighted by Crippen LogP contribution is -2.26. The number of benzene rings is 3. The maximum absolute atomic E-state index is 13.6. The van der Waals surface area contributed by atoms with Crippen LogP contribution >= 0.6 is 11.6 Å². The van der Waals surface area contributed by atoms with Gasteiger partial charge in [0.2, 0.25) is 0 Å². The van der Waals surface area contributed by atoms with Gasteiger partial charge in [0.1, 0.15) is 11.6 Å². The molecule has 0 aliphatic carbocycles. The van der Waals surface area contributed by atoms with Gasteiger partial charge in [-0.25, -0.2) is 9.37 Å². The quantitative estimate of drug-likeness (QED) is 0.204. The monoisotopic (exact) mass is 465 g/mol. The highest BCUT2D eigenvalue weighted by atomic mass is 35.5. The van der Waals surface area contributed by atoms with Crippen LogP contribution in [-0.4, -0.2) is 36.6 Å². The predicted octanol–water partition coefficient (Wildman–Crippen LogP) is 6.90. The van der Waals surface area contributed by atoms with Crippen molar-refractivity contribution in [2.45, 2.75) is 26.3 Å². The normalized spacial score (nSPS) is 11.4. The number of methoxy groups -OCH3 is 1. The van der Waals surface area contributed by atoms with Crippen LogP contribution in [0, 0.1) is 5.82 Å². The van der Waals surface area contributed by atoms with Crippen LogP contribution in [-0.2, 0) is 6.54 Å². The van der Waals surface area contributed by atoms with E-state index in [1.165, 1.54) is 6.07 Å². The summed E-state index contributed by atoms with van der Waals surface area (Å²) in [6, 6.07) is 18.6. The van der Waals surface area contributed by atoms with Crippen molar-refractivity contribution in [1.29, 1.82) is 0 Å².